The fourth-order valence-corrected chi connectivity index (χ4v) is 2.36. The number of carbonyl (C=O) groups is 2. The van der Waals surface area contributed by atoms with Gasteiger partial charge in [-0.25, -0.2) is 0 Å². The Hall–Kier alpha value is -2.62. The average Bonchev–Trinajstić information content (AvgIpc) is 2.50. The molecule has 4 heteroatoms. The highest BCUT2D eigenvalue weighted by Crippen LogP contribution is 2.34. The van der Waals surface area contributed by atoms with Crippen LogP contribution in [0.5, 0.6) is 5.75 Å². The van der Waals surface area contributed by atoms with E-state index in [1.54, 1.807) is 23.1 Å². The van der Waals surface area contributed by atoms with Crippen LogP contribution in [0.3, 0.4) is 0 Å². The molecule has 2 aromatic rings. The van der Waals surface area contributed by atoms with Crippen molar-refractivity contribution >= 4 is 17.4 Å². The molecule has 1 heterocycles. The molecular formula is C17H15NO3. The second kappa shape index (κ2) is 5.40. The van der Waals surface area contributed by atoms with E-state index in [1.807, 2.05) is 30.3 Å². The molecule has 2 aromatic carbocycles. The van der Waals surface area contributed by atoms with Gasteiger partial charge in [0.1, 0.15) is 5.75 Å². The summed E-state index contributed by atoms with van der Waals surface area (Å²) in [5.41, 5.74) is 2.26. The fourth-order valence-electron chi connectivity index (χ4n) is 2.36. The van der Waals surface area contributed by atoms with E-state index in [1.165, 1.54) is 6.92 Å². The molecule has 0 unspecified atom stereocenters. The van der Waals surface area contributed by atoms with Crippen LogP contribution < -0.4 is 9.64 Å². The molecule has 0 aromatic heterocycles. The quantitative estimate of drug-likeness (QED) is 0.813. The summed E-state index contributed by atoms with van der Waals surface area (Å²) in [5.74, 6) is 0.498. The summed E-state index contributed by atoms with van der Waals surface area (Å²) in [6.45, 7) is 2.01. The summed E-state index contributed by atoms with van der Waals surface area (Å²) in [5, 5.41) is 0. The predicted molar refractivity (Wildman–Crippen MR) is 79.6 cm³/mol. The highest BCUT2D eigenvalue weighted by atomic mass is 16.5. The minimum atomic E-state index is -0.105. The van der Waals surface area contributed by atoms with Crippen molar-refractivity contribution in [1.82, 2.24) is 0 Å². The van der Waals surface area contributed by atoms with E-state index in [0.717, 1.165) is 5.56 Å². The lowest BCUT2D eigenvalue weighted by molar-refractivity contribution is -0.121. The number of rotatable bonds is 3. The van der Waals surface area contributed by atoms with Crippen molar-refractivity contribution in [3.05, 3.63) is 59.7 Å². The lowest BCUT2D eigenvalue weighted by Crippen LogP contribution is -2.38. The van der Waals surface area contributed by atoms with Gasteiger partial charge in [-0.2, -0.15) is 0 Å². The molecule has 0 saturated carbocycles. The lowest BCUT2D eigenvalue weighted by atomic mass is 10.1. The number of amides is 1. The van der Waals surface area contributed by atoms with Crippen LogP contribution in [0.15, 0.2) is 48.5 Å². The van der Waals surface area contributed by atoms with Crippen molar-refractivity contribution < 1.29 is 14.3 Å². The van der Waals surface area contributed by atoms with Crippen molar-refractivity contribution in [3.8, 4) is 5.75 Å². The summed E-state index contributed by atoms with van der Waals surface area (Å²) in [6, 6.07) is 14.9. The number of ketones is 1. The topological polar surface area (TPSA) is 46.6 Å². The number of fused-ring (bicyclic) bond motifs is 1. The van der Waals surface area contributed by atoms with Gasteiger partial charge in [0.05, 0.1) is 12.2 Å². The predicted octanol–water partition coefficient (Wildman–Crippen LogP) is 2.81. The van der Waals surface area contributed by atoms with Gasteiger partial charge in [0.25, 0.3) is 5.91 Å². The molecule has 0 atom stereocenters. The molecule has 3 rings (SSSR count). The Bertz CT molecular complexity index is 694. The normalized spacial score (nSPS) is 13.6. The summed E-state index contributed by atoms with van der Waals surface area (Å²) < 4.78 is 5.44. The van der Waals surface area contributed by atoms with Gasteiger partial charge in [-0.05, 0) is 30.7 Å². The van der Waals surface area contributed by atoms with Crippen molar-refractivity contribution in [2.45, 2.75) is 13.5 Å². The van der Waals surface area contributed by atoms with Crippen molar-refractivity contribution in [1.29, 1.82) is 0 Å². The van der Waals surface area contributed by atoms with Crippen LogP contribution in [0, 0.1) is 0 Å². The summed E-state index contributed by atoms with van der Waals surface area (Å²) in [4.78, 5) is 25.4. The number of nitrogens with zero attached hydrogens (tertiary/aromatic N) is 1. The maximum atomic E-state index is 12.2. The minimum absolute atomic E-state index is 0.0270. The van der Waals surface area contributed by atoms with Gasteiger partial charge in [-0.15, -0.1) is 0 Å². The maximum absolute atomic E-state index is 12.2. The first kappa shape index (κ1) is 13.4. The standard InChI is InChI=1S/C17H15NO3/c1-12(19)14-7-8-16-15(9-14)18(17(20)11-21-16)10-13-5-3-2-4-6-13/h2-9H,10-11H2,1H3. The molecule has 0 saturated heterocycles. The molecule has 21 heavy (non-hydrogen) atoms. The number of anilines is 1. The van der Waals surface area contributed by atoms with Crippen LogP contribution in [0.4, 0.5) is 5.69 Å². The Balaban J connectivity index is 1.99. The van der Waals surface area contributed by atoms with Crippen LogP contribution >= 0.6 is 0 Å². The van der Waals surface area contributed by atoms with Crippen molar-refractivity contribution in [2.24, 2.45) is 0 Å². The molecule has 1 aliphatic heterocycles. The number of carbonyl (C=O) groups excluding carboxylic acids is 2. The smallest absolute Gasteiger partial charge is 0.265 e. The van der Waals surface area contributed by atoms with Gasteiger partial charge in [-0.3, -0.25) is 9.59 Å². The van der Waals surface area contributed by atoms with E-state index < -0.39 is 0 Å². The molecule has 0 aliphatic carbocycles. The molecular weight excluding hydrogens is 266 g/mol. The minimum Gasteiger partial charge on any atom is -0.482 e. The maximum Gasteiger partial charge on any atom is 0.265 e. The fraction of sp³-hybridized carbons (Fsp3) is 0.176. The molecule has 1 aliphatic rings. The van der Waals surface area contributed by atoms with Gasteiger partial charge < -0.3 is 9.64 Å². The van der Waals surface area contributed by atoms with E-state index >= 15 is 0 Å². The first-order chi connectivity index (χ1) is 10.1. The third-order valence-electron chi connectivity index (χ3n) is 3.49. The van der Waals surface area contributed by atoms with Crippen LogP contribution in [-0.2, 0) is 11.3 Å². The highest BCUT2D eigenvalue weighted by Gasteiger charge is 2.26. The van der Waals surface area contributed by atoms with Gasteiger partial charge in [0, 0.05) is 5.56 Å². The monoisotopic (exact) mass is 281 g/mol. The van der Waals surface area contributed by atoms with Crippen LogP contribution in [0.1, 0.15) is 22.8 Å². The van der Waals surface area contributed by atoms with Crippen LogP contribution in [0.25, 0.3) is 0 Å². The average molecular weight is 281 g/mol. The number of hydrogen-bond donors (Lipinski definition) is 0. The first-order valence-corrected chi connectivity index (χ1v) is 6.77. The Kier molecular flexibility index (Phi) is 3.44. The van der Waals surface area contributed by atoms with E-state index in [9.17, 15) is 9.59 Å². The van der Waals surface area contributed by atoms with Gasteiger partial charge >= 0.3 is 0 Å². The molecule has 0 spiro atoms. The number of Topliss-reactive ketones (excluding diaryl/α,β-unsaturated/α-hetero) is 1. The lowest BCUT2D eigenvalue weighted by Gasteiger charge is -2.29. The molecule has 0 bridgehead atoms. The molecule has 0 N–H and O–H groups in total. The summed E-state index contributed by atoms with van der Waals surface area (Å²) >= 11 is 0. The summed E-state index contributed by atoms with van der Waals surface area (Å²) in [6.07, 6.45) is 0. The van der Waals surface area contributed by atoms with Gasteiger partial charge in [0.2, 0.25) is 0 Å². The zero-order valence-corrected chi connectivity index (χ0v) is 11.7. The summed E-state index contributed by atoms with van der Waals surface area (Å²) in [7, 11) is 0. The Morgan fingerprint density at radius 3 is 2.67 bits per heavy atom. The molecule has 0 radical (unpaired) electrons. The van der Waals surface area contributed by atoms with E-state index in [4.69, 9.17) is 4.74 Å². The van der Waals surface area contributed by atoms with Gasteiger partial charge in [0.15, 0.2) is 12.4 Å². The molecule has 1 amide bonds. The van der Waals surface area contributed by atoms with Gasteiger partial charge in [-0.1, -0.05) is 30.3 Å². The largest absolute Gasteiger partial charge is 0.482 e. The number of ether oxygens (including phenoxy) is 1. The Morgan fingerprint density at radius 1 is 1.19 bits per heavy atom. The van der Waals surface area contributed by atoms with E-state index in [2.05, 4.69) is 0 Å². The zero-order chi connectivity index (χ0) is 14.8. The van der Waals surface area contributed by atoms with Crippen molar-refractivity contribution in [3.63, 3.8) is 0 Å². The van der Waals surface area contributed by atoms with E-state index in [-0.39, 0.29) is 18.3 Å². The molecule has 4 nitrogen and oxygen atoms in total. The zero-order valence-electron chi connectivity index (χ0n) is 11.7. The third kappa shape index (κ3) is 2.65. The Labute approximate surface area is 123 Å². The van der Waals surface area contributed by atoms with Crippen LogP contribution in [-0.4, -0.2) is 18.3 Å². The SMILES string of the molecule is CC(=O)c1ccc2c(c1)N(Cc1ccccc1)C(=O)CO2. The Morgan fingerprint density at radius 2 is 1.95 bits per heavy atom. The van der Waals surface area contributed by atoms with Crippen LogP contribution in [0.2, 0.25) is 0 Å². The highest BCUT2D eigenvalue weighted by molar-refractivity contribution is 6.01. The molecule has 0 fully saturated rings. The second-order valence-electron chi connectivity index (χ2n) is 4.99. The number of hydrogen-bond acceptors (Lipinski definition) is 3. The molecule has 106 valence electrons. The number of benzene rings is 2. The van der Waals surface area contributed by atoms with E-state index in [0.29, 0.717) is 23.5 Å². The second-order valence-corrected chi connectivity index (χ2v) is 4.99. The van der Waals surface area contributed by atoms with Crippen molar-refractivity contribution in [2.75, 3.05) is 11.5 Å². The third-order valence-corrected chi connectivity index (χ3v) is 3.49. The first-order valence-electron chi connectivity index (χ1n) is 6.77.